The van der Waals surface area contributed by atoms with Crippen LogP contribution in [0.1, 0.15) is 34.7 Å². The Morgan fingerprint density at radius 2 is 2.17 bits per heavy atom. The predicted molar refractivity (Wildman–Crippen MR) is 69.4 cm³/mol. The molecule has 1 heterocycles. The van der Waals surface area contributed by atoms with E-state index in [1.807, 2.05) is 13.8 Å². The molecular formula is C13H17N3O2. The van der Waals surface area contributed by atoms with Crippen LogP contribution >= 0.6 is 0 Å². The average molecular weight is 247 g/mol. The van der Waals surface area contributed by atoms with Gasteiger partial charge in [-0.3, -0.25) is 14.6 Å². The van der Waals surface area contributed by atoms with Gasteiger partial charge in [0.15, 0.2) is 0 Å². The van der Waals surface area contributed by atoms with E-state index in [9.17, 15) is 9.59 Å². The SMILES string of the molecule is C=CCNC(=O)c1cc(C(=O)NC(C)C)ccn1. The third-order valence-corrected chi connectivity index (χ3v) is 2.08. The summed E-state index contributed by atoms with van der Waals surface area (Å²) in [4.78, 5) is 27.3. The van der Waals surface area contributed by atoms with Gasteiger partial charge in [-0.15, -0.1) is 6.58 Å². The Morgan fingerprint density at radius 3 is 2.78 bits per heavy atom. The van der Waals surface area contributed by atoms with Crippen LogP contribution in [0.25, 0.3) is 0 Å². The molecule has 1 rings (SSSR count). The maximum absolute atomic E-state index is 11.8. The highest BCUT2D eigenvalue weighted by molar-refractivity contribution is 5.98. The number of nitrogens with one attached hydrogen (secondary N) is 2. The van der Waals surface area contributed by atoms with Crippen LogP contribution in [0, 0.1) is 0 Å². The summed E-state index contributed by atoms with van der Waals surface area (Å²) >= 11 is 0. The van der Waals surface area contributed by atoms with Gasteiger partial charge in [-0.25, -0.2) is 0 Å². The van der Waals surface area contributed by atoms with Gasteiger partial charge in [0.25, 0.3) is 11.8 Å². The van der Waals surface area contributed by atoms with Crippen molar-refractivity contribution in [1.82, 2.24) is 15.6 Å². The molecule has 0 bridgehead atoms. The normalized spacial score (nSPS) is 9.94. The van der Waals surface area contributed by atoms with Crippen molar-refractivity contribution < 1.29 is 9.59 Å². The number of pyridine rings is 1. The van der Waals surface area contributed by atoms with Crippen LogP contribution in [-0.4, -0.2) is 29.4 Å². The number of hydrogen-bond donors (Lipinski definition) is 2. The standard InChI is InChI=1S/C13H17N3O2/c1-4-6-15-13(18)11-8-10(5-7-14-11)12(17)16-9(2)3/h4-5,7-9H,1,6H2,2-3H3,(H,15,18)(H,16,17). The van der Waals surface area contributed by atoms with E-state index < -0.39 is 0 Å². The number of rotatable bonds is 5. The quantitative estimate of drug-likeness (QED) is 0.766. The third-order valence-electron chi connectivity index (χ3n) is 2.08. The zero-order valence-electron chi connectivity index (χ0n) is 10.6. The lowest BCUT2D eigenvalue weighted by atomic mass is 10.2. The Hall–Kier alpha value is -2.17. The van der Waals surface area contributed by atoms with Gasteiger partial charge in [-0.05, 0) is 26.0 Å². The lowest BCUT2D eigenvalue weighted by Crippen LogP contribution is -2.30. The Bertz CT molecular complexity index is 455. The maximum atomic E-state index is 11.8. The minimum atomic E-state index is -0.325. The summed E-state index contributed by atoms with van der Waals surface area (Å²) in [5.41, 5.74) is 0.635. The summed E-state index contributed by atoms with van der Waals surface area (Å²) in [6.45, 7) is 7.61. The summed E-state index contributed by atoms with van der Waals surface area (Å²) in [5.74, 6) is -0.542. The molecule has 0 saturated carbocycles. The summed E-state index contributed by atoms with van der Waals surface area (Å²) in [7, 11) is 0. The second kappa shape index (κ2) is 6.54. The van der Waals surface area contributed by atoms with Crippen LogP contribution in [0.3, 0.4) is 0 Å². The molecule has 0 radical (unpaired) electrons. The van der Waals surface area contributed by atoms with Crippen molar-refractivity contribution in [3.05, 3.63) is 42.2 Å². The van der Waals surface area contributed by atoms with Crippen LogP contribution in [0.5, 0.6) is 0 Å². The van der Waals surface area contributed by atoms with Gasteiger partial charge in [-0.1, -0.05) is 6.08 Å². The fourth-order valence-electron chi connectivity index (χ4n) is 1.30. The molecule has 5 heteroatoms. The maximum Gasteiger partial charge on any atom is 0.270 e. The molecule has 0 aromatic carbocycles. The summed E-state index contributed by atoms with van der Waals surface area (Å²) < 4.78 is 0. The molecule has 0 fully saturated rings. The van der Waals surface area contributed by atoms with Gasteiger partial charge < -0.3 is 10.6 Å². The lowest BCUT2D eigenvalue weighted by molar-refractivity contribution is 0.0943. The van der Waals surface area contributed by atoms with Crippen molar-refractivity contribution >= 4 is 11.8 Å². The fourth-order valence-corrected chi connectivity index (χ4v) is 1.30. The Morgan fingerprint density at radius 1 is 1.44 bits per heavy atom. The Kier molecular flexibility index (Phi) is 5.05. The predicted octanol–water partition coefficient (Wildman–Crippen LogP) is 1.14. The second-order valence-electron chi connectivity index (χ2n) is 4.06. The first-order valence-electron chi connectivity index (χ1n) is 5.70. The van der Waals surface area contributed by atoms with Crippen molar-refractivity contribution in [2.24, 2.45) is 0 Å². The van der Waals surface area contributed by atoms with Gasteiger partial charge in [-0.2, -0.15) is 0 Å². The molecule has 0 unspecified atom stereocenters. The largest absolute Gasteiger partial charge is 0.350 e. The number of nitrogens with zero attached hydrogens (tertiary/aromatic N) is 1. The highest BCUT2D eigenvalue weighted by Crippen LogP contribution is 2.02. The molecule has 0 aliphatic heterocycles. The van der Waals surface area contributed by atoms with Crippen LogP contribution in [0.4, 0.5) is 0 Å². The zero-order valence-corrected chi connectivity index (χ0v) is 10.6. The first kappa shape index (κ1) is 13.9. The Balaban J connectivity index is 2.81. The van der Waals surface area contributed by atoms with Gasteiger partial charge in [0.1, 0.15) is 5.69 Å². The van der Waals surface area contributed by atoms with Crippen LogP contribution in [0.2, 0.25) is 0 Å². The highest BCUT2D eigenvalue weighted by atomic mass is 16.2. The first-order valence-corrected chi connectivity index (χ1v) is 5.70. The molecule has 0 aliphatic carbocycles. The summed E-state index contributed by atoms with van der Waals surface area (Å²) in [6.07, 6.45) is 3.02. The van der Waals surface area contributed by atoms with E-state index >= 15 is 0 Å². The number of aromatic nitrogens is 1. The van der Waals surface area contributed by atoms with Crippen LogP contribution < -0.4 is 10.6 Å². The molecule has 0 spiro atoms. The molecule has 96 valence electrons. The number of amides is 2. The van der Waals surface area contributed by atoms with E-state index in [0.29, 0.717) is 12.1 Å². The van der Waals surface area contributed by atoms with Crippen molar-refractivity contribution in [2.45, 2.75) is 19.9 Å². The molecular weight excluding hydrogens is 230 g/mol. The van der Waals surface area contributed by atoms with Crippen LogP contribution in [-0.2, 0) is 0 Å². The van der Waals surface area contributed by atoms with Crippen LogP contribution in [0.15, 0.2) is 31.0 Å². The number of hydrogen-bond acceptors (Lipinski definition) is 3. The van der Waals surface area contributed by atoms with Gasteiger partial charge >= 0.3 is 0 Å². The molecule has 1 aromatic heterocycles. The summed E-state index contributed by atoms with van der Waals surface area (Å²) in [6, 6.07) is 3.08. The van der Waals surface area contributed by atoms with Crippen molar-refractivity contribution in [2.75, 3.05) is 6.54 Å². The second-order valence-corrected chi connectivity index (χ2v) is 4.06. The van der Waals surface area contributed by atoms with E-state index in [-0.39, 0.29) is 23.6 Å². The molecule has 18 heavy (non-hydrogen) atoms. The minimum absolute atomic E-state index is 0.0451. The van der Waals surface area contributed by atoms with Crippen molar-refractivity contribution in [3.63, 3.8) is 0 Å². The van der Waals surface area contributed by atoms with Gasteiger partial charge in [0.05, 0.1) is 0 Å². The van der Waals surface area contributed by atoms with E-state index in [1.54, 1.807) is 12.1 Å². The van der Waals surface area contributed by atoms with Gasteiger partial charge in [0, 0.05) is 24.3 Å². The topological polar surface area (TPSA) is 71.1 Å². The minimum Gasteiger partial charge on any atom is -0.350 e. The molecule has 0 atom stereocenters. The molecule has 1 aromatic rings. The van der Waals surface area contributed by atoms with Crippen molar-refractivity contribution in [1.29, 1.82) is 0 Å². The molecule has 2 amide bonds. The lowest BCUT2D eigenvalue weighted by Gasteiger charge is -2.08. The van der Waals surface area contributed by atoms with Crippen molar-refractivity contribution in [3.8, 4) is 0 Å². The number of carbonyl (C=O) groups excluding carboxylic acids is 2. The first-order chi connectivity index (χ1) is 8.54. The average Bonchev–Trinajstić information content (AvgIpc) is 2.35. The fraction of sp³-hybridized carbons (Fsp3) is 0.308. The number of carbonyl (C=O) groups is 2. The van der Waals surface area contributed by atoms with E-state index in [4.69, 9.17) is 0 Å². The molecule has 5 nitrogen and oxygen atoms in total. The zero-order chi connectivity index (χ0) is 13.5. The van der Waals surface area contributed by atoms with Gasteiger partial charge in [0.2, 0.25) is 0 Å². The third kappa shape index (κ3) is 4.01. The summed E-state index contributed by atoms with van der Waals surface area (Å²) in [5, 5.41) is 5.36. The smallest absolute Gasteiger partial charge is 0.270 e. The molecule has 0 saturated heterocycles. The Labute approximate surface area is 106 Å². The van der Waals surface area contributed by atoms with E-state index in [0.717, 1.165) is 0 Å². The van der Waals surface area contributed by atoms with E-state index in [2.05, 4.69) is 22.2 Å². The highest BCUT2D eigenvalue weighted by Gasteiger charge is 2.11. The van der Waals surface area contributed by atoms with E-state index in [1.165, 1.54) is 12.3 Å². The monoisotopic (exact) mass is 247 g/mol. The molecule has 2 N–H and O–H groups in total. The molecule has 0 aliphatic rings.